The molecule has 15 heavy (non-hydrogen) atoms. The number of halogens is 1. The SMILES string of the molecule is Bc1ccc2c(c1)oc1cc(Br)ccc12. The van der Waals surface area contributed by atoms with Crippen molar-refractivity contribution in [2.24, 2.45) is 0 Å². The van der Waals surface area contributed by atoms with Gasteiger partial charge in [0.15, 0.2) is 0 Å². The van der Waals surface area contributed by atoms with Crippen LogP contribution in [-0.2, 0) is 0 Å². The molecule has 0 N–H and O–H groups in total. The van der Waals surface area contributed by atoms with Crippen LogP contribution in [0.2, 0.25) is 0 Å². The summed E-state index contributed by atoms with van der Waals surface area (Å²) in [7, 11) is 2.07. The Balaban J connectivity index is 2.51. The minimum Gasteiger partial charge on any atom is -0.456 e. The highest BCUT2D eigenvalue weighted by Crippen LogP contribution is 2.29. The van der Waals surface area contributed by atoms with Crippen molar-refractivity contribution in [1.29, 1.82) is 0 Å². The molecule has 3 rings (SSSR count). The van der Waals surface area contributed by atoms with E-state index in [0.29, 0.717) is 0 Å². The number of rotatable bonds is 0. The topological polar surface area (TPSA) is 13.1 Å². The zero-order valence-corrected chi connectivity index (χ0v) is 9.84. The lowest BCUT2D eigenvalue weighted by molar-refractivity contribution is 0.669. The first-order chi connectivity index (χ1) is 7.24. The lowest BCUT2D eigenvalue weighted by Gasteiger charge is -1.91. The summed E-state index contributed by atoms with van der Waals surface area (Å²) in [4.78, 5) is 0. The summed E-state index contributed by atoms with van der Waals surface area (Å²) >= 11 is 3.44. The molecular formula is C12H8BBrO. The highest BCUT2D eigenvalue weighted by Gasteiger charge is 2.06. The van der Waals surface area contributed by atoms with Crippen molar-refractivity contribution in [1.82, 2.24) is 0 Å². The molecular weight excluding hydrogens is 251 g/mol. The summed E-state index contributed by atoms with van der Waals surface area (Å²) in [6.45, 7) is 0. The van der Waals surface area contributed by atoms with E-state index in [4.69, 9.17) is 4.42 Å². The normalized spacial score (nSPS) is 11.3. The Morgan fingerprint density at radius 1 is 0.933 bits per heavy atom. The Bertz CT molecular complexity index is 601. The molecule has 0 bridgehead atoms. The van der Waals surface area contributed by atoms with Gasteiger partial charge in [-0.15, -0.1) is 0 Å². The van der Waals surface area contributed by atoms with Gasteiger partial charge >= 0.3 is 0 Å². The first-order valence-electron chi connectivity index (χ1n) is 4.82. The molecule has 1 heterocycles. The number of benzene rings is 2. The Labute approximate surface area is 96.6 Å². The predicted molar refractivity (Wildman–Crippen MR) is 69.6 cm³/mol. The van der Waals surface area contributed by atoms with Crippen molar-refractivity contribution in [3.63, 3.8) is 0 Å². The molecule has 3 aromatic rings. The third kappa shape index (κ3) is 1.38. The highest BCUT2D eigenvalue weighted by atomic mass is 79.9. The van der Waals surface area contributed by atoms with E-state index in [9.17, 15) is 0 Å². The monoisotopic (exact) mass is 258 g/mol. The Morgan fingerprint density at radius 3 is 2.40 bits per heavy atom. The van der Waals surface area contributed by atoms with Crippen LogP contribution in [0.4, 0.5) is 0 Å². The van der Waals surface area contributed by atoms with E-state index in [-0.39, 0.29) is 0 Å². The van der Waals surface area contributed by atoms with E-state index in [2.05, 4.69) is 48.0 Å². The van der Waals surface area contributed by atoms with Gasteiger partial charge in [-0.25, -0.2) is 0 Å². The molecule has 0 aliphatic carbocycles. The van der Waals surface area contributed by atoms with Crippen LogP contribution in [0.15, 0.2) is 45.3 Å². The van der Waals surface area contributed by atoms with Crippen LogP contribution in [0.5, 0.6) is 0 Å². The molecule has 72 valence electrons. The minimum atomic E-state index is 0.935. The molecule has 2 aromatic carbocycles. The van der Waals surface area contributed by atoms with Crippen LogP contribution in [0.1, 0.15) is 0 Å². The third-order valence-electron chi connectivity index (χ3n) is 2.59. The van der Waals surface area contributed by atoms with Crippen molar-refractivity contribution in [2.75, 3.05) is 0 Å². The van der Waals surface area contributed by atoms with Crippen LogP contribution >= 0.6 is 15.9 Å². The zero-order valence-electron chi connectivity index (χ0n) is 8.25. The van der Waals surface area contributed by atoms with E-state index < -0.39 is 0 Å². The minimum absolute atomic E-state index is 0.935. The standard InChI is InChI=1S/C12H8BBrO/c13-7-1-3-9-10-4-2-8(14)6-12(10)15-11(9)5-7/h1-6H,13H2. The third-order valence-corrected chi connectivity index (χ3v) is 3.08. The van der Waals surface area contributed by atoms with Crippen LogP contribution in [0.25, 0.3) is 21.9 Å². The van der Waals surface area contributed by atoms with Crippen molar-refractivity contribution >= 4 is 51.2 Å². The Kier molecular flexibility index (Phi) is 1.89. The van der Waals surface area contributed by atoms with Crippen LogP contribution in [0.3, 0.4) is 0 Å². The molecule has 0 aliphatic rings. The summed E-state index contributed by atoms with van der Waals surface area (Å²) in [6, 6.07) is 12.4. The fraction of sp³-hybridized carbons (Fsp3) is 0. The largest absolute Gasteiger partial charge is 0.456 e. The maximum atomic E-state index is 5.78. The maximum Gasteiger partial charge on any atom is 0.139 e. The van der Waals surface area contributed by atoms with Gasteiger partial charge < -0.3 is 4.42 Å². The highest BCUT2D eigenvalue weighted by molar-refractivity contribution is 9.10. The predicted octanol–water partition coefficient (Wildman–Crippen LogP) is 2.61. The second kappa shape index (κ2) is 3.14. The van der Waals surface area contributed by atoms with Gasteiger partial charge in [0, 0.05) is 15.2 Å². The van der Waals surface area contributed by atoms with Crippen molar-refractivity contribution in [2.45, 2.75) is 0 Å². The fourth-order valence-electron chi connectivity index (χ4n) is 1.86. The lowest BCUT2D eigenvalue weighted by Crippen LogP contribution is -1.98. The smallest absolute Gasteiger partial charge is 0.139 e. The molecule has 0 spiro atoms. The quantitative estimate of drug-likeness (QED) is 0.565. The van der Waals surface area contributed by atoms with Gasteiger partial charge in [-0.1, -0.05) is 33.5 Å². The summed E-state index contributed by atoms with van der Waals surface area (Å²) in [5.41, 5.74) is 3.12. The van der Waals surface area contributed by atoms with Crippen molar-refractivity contribution in [3.05, 3.63) is 40.9 Å². The van der Waals surface area contributed by atoms with Crippen molar-refractivity contribution < 1.29 is 4.42 Å². The molecule has 0 aliphatic heterocycles. The lowest BCUT2D eigenvalue weighted by atomic mass is 9.95. The molecule has 0 unspecified atom stereocenters. The Morgan fingerprint density at radius 2 is 1.60 bits per heavy atom. The van der Waals surface area contributed by atoms with Gasteiger partial charge in [-0.3, -0.25) is 0 Å². The van der Waals surface area contributed by atoms with Gasteiger partial charge in [0.2, 0.25) is 0 Å². The number of hydrogen-bond acceptors (Lipinski definition) is 1. The molecule has 1 nitrogen and oxygen atoms in total. The van der Waals surface area contributed by atoms with E-state index in [0.717, 1.165) is 15.6 Å². The average molecular weight is 259 g/mol. The van der Waals surface area contributed by atoms with Gasteiger partial charge in [0.05, 0.1) is 0 Å². The first-order valence-corrected chi connectivity index (χ1v) is 5.62. The van der Waals surface area contributed by atoms with Crippen LogP contribution < -0.4 is 5.46 Å². The van der Waals surface area contributed by atoms with Gasteiger partial charge in [0.1, 0.15) is 19.0 Å². The van der Waals surface area contributed by atoms with E-state index in [1.165, 1.54) is 16.2 Å². The van der Waals surface area contributed by atoms with E-state index in [1.807, 2.05) is 12.1 Å². The summed E-state index contributed by atoms with van der Waals surface area (Å²) in [6.07, 6.45) is 0. The van der Waals surface area contributed by atoms with Gasteiger partial charge in [-0.05, 0) is 24.3 Å². The van der Waals surface area contributed by atoms with Gasteiger partial charge in [0.25, 0.3) is 0 Å². The first kappa shape index (κ1) is 9.04. The second-order valence-corrected chi connectivity index (χ2v) is 4.66. The molecule has 3 heteroatoms. The molecule has 0 atom stereocenters. The molecule has 0 radical (unpaired) electrons. The maximum absolute atomic E-state index is 5.78. The average Bonchev–Trinajstić information content (AvgIpc) is 2.53. The fourth-order valence-corrected chi connectivity index (χ4v) is 2.20. The molecule has 0 saturated heterocycles. The number of fused-ring (bicyclic) bond motifs is 3. The molecule has 0 fully saturated rings. The summed E-state index contributed by atoms with van der Waals surface area (Å²) in [5, 5.41) is 2.36. The van der Waals surface area contributed by atoms with E-state index in [1.54, 1.807) is 0 Å². The molecule has 0 saturated carbocycles. The van der Waals surface area contributed by atoms with Crippen molar-refractivity contribution in [3.8, 4) is 0 Å². The van der Waals surface area contributed by atoms with Gasteiger partial charge in [-0.2, -0.15) is 0 Å². The van der Waals surface area contributed by atoms with E-state index >= 15 is 0 Å². The molecule has 0 amide bonds. The summed E-state index contributed by atoms with van der Waals surface area (Å²) < 4.78 is 6.83. The summed E-state index contributed by atoms with van der Waals surface area (Å²) in [5.74, 6) is 0. The van der Waals surface area contributed by atoms with Crippen LogP contribution in [0, 0.1) is 0 Å². The zero-order chi connectivity index (χ0) is 10.4. The second-order valence-electron chi connectivity index (χ2n) is 3.74. The van der Waals surface area contributed by atoms with Crippen LogP contribution in [-0.4, -0.2) is 7.85 Å². The Hall–Kier alpha value is -1.22. The number of hydrogen-bond donors (Lipinski definition) is 0. The molecule has 1 aromatic heterocycles. The number of furan rings is 1.